The number of ketones is 1. The molecule has 5 fully saturated rings. The highest BCUT2D eigenvalue weighted by Gasteiger charge is 2.60. The molecule has 314 valence electrons. The largest absolute Gasteiger partial charge is 0.509 e. The Morgan fingerprint density at radius 3 is 2.13 bits per heavy atom. The van der Waals surface area contributed by atoms with Crippen LogP contribution < -0.4 is 0 Å². The fraction of sp³-hybridized carbons (Fsp3) is 0.897. The summed E-state index contributed by atoms with van der Waals surface area (Å²) in [5, 5.41) is 11.0. The van der Waals surface area contributed by atoms with Crippen LogP contribution in [0.25, 0.3) is 0 Å². The number of likely N-dealkylation sites (N-methyl/N-ethyl adjacent to an activating group) is 1. The van der Waals surface area contributed by atoms with E-state index in [0.717, 1.165) is 0 Å². The van der Waals surface area contributed by atoms with E-state index in [0.29, 0.717) is 6.42 Å². The number of amides is 1. The van der Waals surface area contributed by atoms with Gasteiger partial charge in [-0.1, -0.05) is 27.7 Å². The highest BCUT2D eigenvalue weighted by molar-refractivity contribution is 5.84. The lowest BCUT2D eigenvalue weighted by atomic mass is 9.74. The third-order valence-electron chi connectivity index (χ3n) is 13.1. The smallest absolute Gasteiger partial charge is 0.458 e. The van der Waals surface area contributed by atoms with Crippen molar-refractivity contribution < 1.29 is 71.7 Å². The van der Waals surface area contributed by atoms with Gasteiger partial charge >= 0.3 is 18.2 Å². The predicted octanol–water partition coefficient (Wildman–Crippen LogP) is 4.15. The first-order valence-electron chi connectivity index (χ1n) is 19.6. The van der Waals surface area contributed by atoms with E-state index >= 15 is 0 Å². The van der Waals surface area contributed by atoms with Gasteiger partial charge in [-0.05, 0) is 60.8 Å². The molecular formula is C39H63NO15. The zero-order valence-corrected chi connectivity index (χ0v) is 34.6. The van der Waals surface area contributed by atoms with Crippen molar-refractivity contribution >= 4 is 24.0 Å². The summed E-state index contributed by atoms with van der Waals surface area (Å²) in [6.07, 6.45) is -9.18. The number of carbonyl (C=O) groups excluding carboxylic acids is 4. The van der Waals surface area contributed by atoms with Gasteiger partial charge in [-0.25, -0.2) is 9.59 Å². The van der Waals surface area contributed by atoms with E-state index in [2.05, 4.69) is 0 Å². The van der Waals surface area contributed by atoms with Gasteiger partial charge in [-0.15, -0.1) is 0 Å². The number of fused-ring (bicyclic) bond motifs is 2. The van der Waals surface area contributed by atoms with E-state index in [9.17, 15) is 24.3 Å². The summed E-state index contributed by atoms with van der Waals surface area (Å²) in [5.74, 6) is -4.11. The van der Waals surface area contributed by atoms with E-state index in [1.54, 1.807) is 60.4 Å². The Morgan fingerprint density at radius 1 is 0.855 bits per heavy atom. The number of hydrogen-bond donors (Lipinski definition) is 1. The summed E-state index contributed by atoms with van der Waals surface area (Å²) in [4.78, 5) is 55.8. The molecule has 16 heteroatoms. The van der Waals surface area contributed by atoms with Gasteiger partial charge in [0.05, 0.1) is 53.5 Å². The normalized spacial score (nSPS) is 48.5. The van der Waals surface area contributed by atoms with Crippen LogP contribution in [0.2, 0.25) is 0 Å². The van der Waals surface area contributed by atoms with Crippen molar-refractivity contribution in [3.8, 4) is 0 Å². The third kappa shape index (κ3) is 8.11. The van der Waals surface area contributed by atoms with Crippen LogP contribution in [0.15, 0.2) is 0 Å². The zero-order valence-electron chi connectivity index (χ0n) is 34.6. The number of cyclic esters (lactones) is 1. The predicted molar refractivity (Wildman–Crippen MR) is 193 cm³/mol. The first-order valence-corrected chi connectivity index (χ1v) is 19.6. The molecule has 0 aromatic carbocycles. The monoisotopic (exact) mass is 785 g/mol. The molecule has 1 N–H and O–H groups in total. The molecule has 5 aliphatic rings. The van der Waals surface area contributed by atoms with Gasteiger partial charge in [-0.3, -0.25) is 9.59 Å². The van der Waals surface area contributed by atoms with Crippen molar-refractivity contribution in [2.45, 2.75) is 179 Å². The first-order chi connectivity index (χ1) is 25.6. The lowest BCUT2D eigenvalue weighted by Gasteiger charge is -2.49. The molecule has 0 aromatic rings. The summed E-state index contributed by atoms with van der Waals surface area (Å²) in [6.45, 7) is 17.6. The van der Waals surface area contributed by atoms with E-state index in [1.165, 1.54) is 14.2 Å². The van der Waals surface area contributed by atoms with Gasteiger partial charge in [-0.2, -0.15) is 0 Å². The van der Waals surface area contributed by atoms with E-state index in [-0.39, 0.29) is 37.2 Å². The summed E-state index contributed by atoms with van der Waals surface area (Å²) in [6, 6.07) is -0.321. The number of rotatable bonds is 7. The second-order valence-electron chi connectivity index (χ2n) is 17.0. The summed E-state index contributed by atoms with van der Waals surface area (Å²) >= 11 is 0. The molecular weight excluding hydrogens is 722 g/mol. The molecule has 55 heavy (non-hydrogen) atoms. The number of aliphatic hydroxyl groups excluding tert-OH is 1. The van der Waals surface area contributed by atoms with E-state index < -0.39 is 114 Å². The number of aliphatic hydroxyl groups is 1. The third-order valence-corrected chi connectivity index (χ3v) is 13.1. The Hall–Kier alpha value is -2.60. The maximum Gasteiger partial charge on any atom is 0.509 e. The molecule has 0 saturated carbocycles. The van der Waals surface area contributed by atoms with E-state index in [4.69, 9.17) is 47.4 Å². The van der Waals surface area contributed by atoms with Crippen LogP contribution in [0.4, 0.5) is 9.59 Å². The number of esters is 1. The van der Waals surface area contributed by atoms with Crippen molar-refractivity contribution in [3.63, 3.8) is 0 Å². The highest BCUT2D eigenvalue weighted by Crippen LogP contribution is 2.44. The molecule has 16 nitrogen and oxygen atoms in total. The molecule has 0 aliphatic carbocycles. The SMILES string of the molecule is CC[C@H]1OC(=O)[C@H](C)[C@@H](OC2C[C@@](C)(OC)[C@@H](O)[C@H](C)O2)[C@H](C)[C@@H](OC2O[C@H](C)C[C@H]3C2OC(=O)N3C)[C@](C)(OC)C[C@@H](C)C(=O)[C@H](C)[C@H]2OC(=O)O[C@@]21C. The maximum atomic E-state index is 14.4. The topological polar surface area (TPSA) is 184 Å². The van der Waals surface area contributed by atoms with Crippen molar-refractivity contribution in [3.05, 3.63) is 0 Å². The fourth-order valence-electron chi connectivity index (χ4n) is 9.52. The first kappa shape index (κ1) is 43.5. The van der Waals surface area contributed by atoms with Crippen molar-refractivity contribution in [1.82, 2.24) is 4.90 Å². The highest BCUT2D eigenvalue weighted by atomic mass is 16.8. The van der Waals surface area contributed by atoms with Crippen molar-refractivity contribution in [2.24, 2.45) is 23.7 Å². The molecule has 0 radical (unpaired) electrons. The molecule has 5 heterocycles. The quantitative estimate of drug-likeness (QED) is 0.287. The second-order valence-corrected chi connectivity index (χ2v) is 17.0. The minimum atomic E-state index is -1.48. The second kappa shape index (κ2) is 16.3. The number of Topliss-reactive ketones (excluding diaryl/α,β-unsaturated/α-hetero) is 1. The van der Waals surface area contributed by atoms with Crippen LogP contribution in [-0.2, 0) is 57.0 Å². The fourth-order valence-corrected chi connectivity index (χ4v) is 9.52. The Balaban J connectivity index is 1.62. The van der Waals surface area contributed by atoms with Crippen LogP contribution in [-0.4, -0.2) is 140 Å². The molecule has 1 amide bonds. The molecule has 5 aliphatic heterocycles. The minimum Gasteiger partial charge on any atom is -0.458 e. The van der Waals surface area contributed by atoms with Crippen molar-refractivity contribution in [2.75, 3.05) is 21.3 Å². The Morgan fingerprint density at radius 2 is 1.51 bits per heavy atom. The molecule has 5 rings (SSSR count). The lowest BCUT2D eigenvalue weighted by Crippen LogP contribution is -2.60. The van der Waals surface area contributed by atoms with Crippen molar-refractivity contribution in [1.29, 1.82) is 0 Å². The minimum absolute atomic E-state index is 0.121. The summed E-state index contributed by atoms with van der Waals surface area (Å²) in [5.41, 5.74) is -3.77. The van der Waals surface area contributed by atoms with Gasteiger partial charge < -0.3 is 57.4 Å². The van der Waals surface area contributed by atoms with Crippen LogP contribution in [0, 0.1) is 23.7 Å². The number of ether oxygens (including phenoxy) is 10. The molecule has 5 saturated heterocycles. The van der Waals surface area contributed by atoms with Crippen LogP contribution >= 0.6 is 0 Å². The van der Waals surface area contributed by atoms with Crippen LogP contribution in [0.1, 0.15) is 94.9 Å². The number of hydrogen-bond acceptors (Lipinski definition) is 15. The number of methoxy groups -OCH3 is 2. The number of carbonyl (C=O) groups is 4. The van der Waals surface area contributed by atoms with Gasteiger partial charge in [0.25, 0.3) is 0 Å². The van der Waals surface area contributed by atoms with Crippen LogP contribution in [0.3, 0.4) is 0 Å². The Bertz CT molecular complexity index is 1430. The molecule has 18 atom stereocenters. The Kier molecular flexibility index (Phi) is 12.9. The Labute approximate surface area is 324 Å². The summed E-state index contributed by atoms with van der Waals surface area (Å²) < 4.78 is 61.7. The number of nitrogens with zero attached hydrogens (tertiary/aromatic N) is 1. The van der Waals surface area contributed by atoms with Gasteiger partial charge in [0.2, 0.25) is 0 Å². The molecule has 3 unspecified atom stereocenters. The zero-order chi connectivity index (χ0) is 40.9. The standard InChI is InChI=1S/C39H63NO15/c1-14-25-39(10)32(54-36(45)55-39)20(4)27(41)18(2)16-38(9,47-13)31(53-34-29-24(15-19(3)48-34)40(11)35(44)52-29)21(5)28(22(6)33(43)50-25)51-26-17-37(8,46-12)30(42)23(7)49-26/h18-26,28-32,34,42H,14-17H2,1-13H3/t18-,19-,20+,21+,22-,23+,24+,25-,26?,28+,29?,30+,31-,32-,34?,37-,38-,39-/m1/s1. The lowest BCUT2D eigenvalue weighted by molar-refractivity contribution is -0.315. The molecule has 0 spiro atoms. The molecule has 0 bridgehead atoms. The average molecular weight is 786 g/mol. The molecule has 0 aromatic heterocycles. The van der Waals surface area contributed by atoms with Crippen LogP contribution in [0.5, 0.6) is 0 Å². The summed E-state index contributed by atoms with van der Waals surface area (Å²) in [7, 11) is 4.70. The van der Waals surface area contributed by atoms with Gasteiger partial charge in [0.15, 0.2) is 30.4 Å². The van der Waals surface area contributed by atoms with Gasteiger partial charge in [0, 0.05) is 39.5 Å². The average Bonchev–Trinajstić information content (AvgIpc) is 3.61. The van der Waals surface area contributed by atoms with Gasteiger partial charge in [0.1, 0.15) is 18.0 Å². The maximum absolute atomic E-state index is 14.4. The van der Waals surface area contributed by atoms with E-state index in [1.807, 2.05) is 20.8 Å².